The molecular weight excluding hydrogens is 506 g/mol. The van der Waals surface area contributed by atoms with Crippen LogP contribution in [0.1, 0.15) is 58.6 Å². The largest absolute Gasteiger partial charge is 0.478 e. The molecule has 36 heavy (non-hydrogen) atoms. The summed E-state index contributed by atoms with van der Waals surface area (Å²) in [6.45, 7) is 7.77. The van der Waals surface area contributed by atoms with Crippen molar-refractivity contribution in [3.63, 3.8) is 0 Å². The summed E-state index contributed by atoms with van der Waals surface area (Å²) >= 11 is 0. The van der Waals surface area contributed by atoms with Gasteiger partial charge in [0.1, 0.15) is 11.6 Å². The SMILES string of the molecule is CCCCN(CCSSCCC(N)=O)C(=O)O[C@@H](C(=O)O)[C@@H](NC(=O)OC(C)(C)C)c1ccccc1. The Kier molecular flexibility index (Phi) is 14.1. The summed E-state index contributed by atoms with van der Waals surface area (Å²) in [5.74, 6) is -0.655. The number of hydrogen-bond donors (Lipinski definition) is 3. The fraction of sp³-hybridized carbons (Fsp3) is 0.583. The summed E-state index contributed by atoms with van der Waals surface area (Å²) in [6.07, 6.45) is -1.49. The molecule has 1 aromatic rings. The van der Waals surface area contributed by atoms with Gasteiger partial charge in [-0.2, -0.15) is 0 Å². The normalized spacial score (nSPS) is 12.8. The van der Waals surface area contributed by atoms with Gasteiger partial charge < -0.3 is 30.5 Å². The van der Waals surface area contributed by atoms with Gasteiger partial charge in [-0.3, -0.25) is 4.79 Å². The Morgan fingerprint density at radius 1 is 1.08 bits per heavy atom. The number of rotatable bonds is 15. The van der Waals surface area contributed by atoms with Gasteiger partial charge in [0.2, 0.25) is 12.0 Å². The fourth-order valence-electron chi connectivity index (χ4n) is 2.92. The Bertz CT molecular complexity index is 850. The van der Waals surface area contributed by atoms with Crippen LogP contribution in [-0.4, -0.2) is 70.4 Å². The van der Waals surface area contributed by atoms with E-state index in [-0.39, 0.29) is 12.3 Å². The van der Waals surface area contributed by atoms with Crippen molar-refractivity contribution in [2.75, 3.05) is 24.6 Å². The second-order valence-corrected chi connectivity index (χ2v) is 11.6. The molecule has 0 aliphatic carbocycles. The number of carbonyl (C=O) groups is 4. The third-order valence-electron chi connectivity index (χ3n) is 4.60. The molecule has 0 aromatic heterocycles. The first-order valence-electron chi connectivity index (χ1n) is 11.7. The number of aliphatic carboxylic acids is 1. The Balaban J connectivity index is 2.98. The Labute approximate surface area is 220 Å². The molecule has 1 rings (SSSR count). The number of carboxylic acids is 1. The summed E-state index contributed by atoms with van der Waals surface area (Å²) in [5, 5.41) is 12.5. The van der Waals surface area contributed by atoms with Gasteiger partial charge in [0.05, 0.1) is 0 Å². The quantitative estimate of drug-likeness (QED) is 0.219. The Morgan fingerprint density at radius 3 is 2.28 bits per heavy atom. The highest BCUT2D eigenvalue weighted by Crippen LogP contribution is 2.24. The van der Waals surface area contributed by atoms with E-state index in [1.807, 2.05) is 6.92 Å². The van der Waals surface area contributed by atoms with Crippen molar-refractivity contribution < 1.29 is 33.8 Å². The van der Waals surface area contributed by atoms with E-state index in [4.69, 9.17) is 15.2 Å². The number of ether oxygens (including phenoxy) is 2. The van der Waals surface area contributed by atoms with E-state index in [1.54, 1.807) is 51.1 Å². The maximum absolute atomic E-state index is 13.0. The zero-order valence-corrected chi connectivity index (χ0v) is 22.9. The first-order chi connectivity index (χ1) is 16.9. The molecule has 0 saturated carbocycles. The van der Waals surface area contributed by atoms with Gasteiger partial charge in [-0.15, -0.1) is 0 Å². The van der Waals surface area contributed by atoms with E-state index in [1.165, 1.54) is 26.5 Å². The zero-order chi connectivity index (χ0) is 27.1. The minimum Gasteiger partial charge on any atom is -0.478 e. The predicted octanol–water partition coefficient (Wildman–Crippen LogP) is 4.20. The van der Waals surface area contributed by atoms with E-state index in [9.17, 15) is 24.3 Å². The molecule has 0 heterocycles. The lowest BCUT2D eigenvalue weighted by atomic mass is 10.0. The lowest BCUT2D eigenvalue weighted by Gasteiger charge is -2.29. The number of amides is 3. The number of nitrogens with two attached hydrogens (primary N) is 1. The van der Waals surface area contributed by atoms with Gasteiger partial charge in [-0.1, -0.05) is 65.3 Å². The standard InChI is InChI=1S/C24H37N3O7S2/c1-5-6-13-27(14-16-36-35-15-12-18(25)28)23(32)33-20(21(29)30)19(17-10-8-7-9-11-17)26-22(31)34-24(2,3)4/h7-11,19-20H,5-6,12-16H2,1-4H3,(H2,25,28)(H,26,31)(H,29,30)/t19-,20+/m0/s1. The minimum absolute atomic E-state index is 0.269. The van der Waals surface area contributed by atoms with Crippen LogP contribution in [0.15, 0.2) is 30.3 Å². The second kappa shape index (κ2) is 16.2. The average molecular weight is 544 g/mol. The molecule has 4 N–H and O–H groups in total. The summed E-state index contributed by atoms with van der Waals surface area (Å²) in [6, 6.07) is 7.25. The summed E-state index contributed by atoms with van der Waals surface area (Å²) in [7, 11) is 2.96. The molecule has 0 unspecified atom stereocenters. The first kappa shape index (κ1) is 31.4. The van der Waals surface area contributed by atoms with Crippen molar-refractivity contribution in [3.8, 4) is 0 Å². The lowest BCUT2D eigenvalue weighted by molar-refractivity contribution is -0.149. The number of benzene rings is 1. The van der Waals surface area contributed by atoms with Crippen molar-refractivity contribution in [3.05, 3.63) is 35.9 Å². The molecule has 12 heteroatoms. The number of alkyl carbamates (subject to hydrolysis) is 1. The molecule has 0 radical (unpaired) electrons. The number of unbranched alkanes of at least 4 members (excludes halogenated alkanes) is 1. The van der Waals surface area contributed by atoms with E-state index in [2.05, 4.69) is 5.32 Å². The van der Waals surface area contributed by atoms with Crippen LogP contribution in [0.2, 0.25) is 0 Å². The zero-order valence-electron chi connectivity index (χ0n) is 21.2. The van der Waals surface area contributed by atoms with Crippen LogP contribution in [-0.2, 0) is 19.1 Å². The van der Waals surface area contributed by atoms with Gasteiger partial charge in [-0.05, 0) is 32.8 Å². The van der Waals surface area contributed by atoms with E-state index >= 15 is 0 Å². The van der Waals surface area contributed by atoms with E-state index in [0.29, 0.717) is 36.6 Å². The maximum Gasteiger partial charge on any atom is 0.410 e. The minimum atomic E-state index is -1.69. The first-order valence-corrected chi connectivity index (χ1v) is 14.2. The molecule has 0 bridgehead atoms. The Hall–Kier alpha value is -2.60. The summed E-state index contributed by atoms with van der Waals surface area (Å²) in [5.41, 5.74) is 4.78. The number of primary amides is 1. The van der Waals surface area contributed by atoms with Crippen LogP contribution in [0, 0.1) is 0 Å². The molecule has 2 atom stereocenters. The predicted molar refractivity (Wildman–Crippen MR) is 142 cm³/mol. The maximum atomic E-state index is 13.0. The number of nitrogens with zero attached hydrogens (tertiary/aromatic N) is 1. The molecule has 1 aromatic carbocycles. The smallest absolute Gasteiger partial charge is 0.410 e. The Morgan fingerprint density at radius 2 is 1.72 bits per heavy atom. The molecular formula is C24H37N3O7S2. The molecule has 3 amide bonds. The van der Waals surface area contributed by atoms with Crippen LogP contribution < -0.4 is 11.1 Å². The number of hydrogen-bond acceptors (Lipinski definition) is 8. The topological polar surface area (TPSA) is 148 Å². The van der Waals surface area contributed by atoms with Gasteiger partial charge >= 0.3 is 18.2 Å². The van der Waals surface area contributed by atoms with Crippen molar-refractivity contribution in [1.82, 2.24) is 10.2 Å². The van der Waals surface area contributed by atoms with Gasteiger partial charge in [-0.25, -0.2) is 14.4 Å². The van der Waals surface area contributed by atoms with Gasteiger partial charge in [0.15, 0.2) is 0 Å². The number of nitrogens with one attached hydrogen (secondary N) is 1. The molecule has 202 valence electrons. The molecule has 0 aliphatic rings. The molecule has 0 spiro atoms. The van der Waals surface area contributed by atoms with Gasteiger partial charge in [0, 0.05) is 31.0 Å². The number of carbonyl (C=O) groups excluding carboxylic acids is 3. The van der Waals surface area contributed by atoms with Crippen molar-refractivity contribution >= 4 is 45.7 Å². The summed E-state index contributed by atoms with van der Waals surface area (Å²) < 4.78 is 10.8. The van der Waals surface area contributed by atoms with Crippen molar-refractivity contribution in [1.29, 1.82) is 0 Å². The van der Waals surface area contributed by atoms with Crippen molar-refractivity contribution in [2.45, 2.75) is 64.7 Å². The highest BCUT2D eigenvalue weighted by Gasteiger charge is 2.36. The average Bonchev–Trinajstić information content (AvgIpc) is 2.79. The molecule has 0 aliphatic heterocycles. The van der Waals surface area contributed by atoms with E-state index in [0.717, 1.165) is 6.42 Å². The van der Waals surface area contributed by atoms with Crippen LogP contribution in [0.5, 0.6) is 0 Å². The van der Waals surface area contributed by atoms with Gasteiger partial charge in [0.25, 0.3) is 0 Å². The molecule has 10 nitrogen and oxygen atoms in total. The second-order valence-electron chi connectivity index (χ2n) is 8.88. The highest BCUT2D eigenvalue weighted by atomic mass is 33.1. The molecule has 0 saturated heterocycles. The van der Waals surface area contributed by atoms with Crippen LogP contribution in [0.4, 0.5) is 9.59 Å². The monoisotopic (exact) mass is 543 g/mol. The van der Waals surface area contributed by atoms with Crippen LogP contribution in [0.25, 0.3) is 0 Å². The van der Waals surface area contributed by atoms with Crippen molar-refractivity contribution in [2.24, 2.45) is 5.73 Å². The van der Waals surface area contributed by atoms with E-state index < -0.39 is 35.9 Å². The third kappa shape index (κ3) is 12.9. The summed E-state index contributed by atoms with van der Waals surface area (Å²) in [4.78, 5) is 50.0. The third-order valence-corrected chi connectivity index (χ3v) is 6.99. The van der Waals surface area contributed by atoms with Crippen LogP contribution >= 0.6 is 21.6 Å². The number of carboxylic acid groups (broad SMARTS) is 1. The fourth-order valence-corrected chi connectivity index (χ4v) is 4.92. The molecule has 0 fully saturated rings. The van der Waals surface area contributed by atoms with Crippen LogP contribution in [0.3, 0.4) is 0 Å². The lowest BCUT2D eigenvalue weighted by Crippen LogP contribution is -2.47. The highest BCUT2D eigenvalue weighted by molar-refractivity contribution is 8.76.